The molecule has 1 aliphatic carbocycles. The lowest BCUT2D eigenvalue weighted by Crippen LogP contribution is -2.53. The summed E-state index contributed by atoms with van der Waals surface area (Å²) in [5, 5.41) is 19.1. The summed E-state index contributed by atoms with van der Waals surface area (Å²) in [7, 11) is 0. The fourth-order valence-corrected chi connectivity index (χ4v) is 4.37. The van der Waals surface area contributed by atoms with Crippen LogP contribution in [-0.2, 0) is 11.8 Å². The van der Waals surface area contributed by atoms with Gasteiger partial charge in [0.2, 0.25) is 0 Å². The van der Waals surface area contributed by atoms with E-state index in [0.717, 1.165) is 36.1 Å². The number of rotatable bonds is 2. The van der Waals surface area contributed by atoms with Crippen LogP contribution < -0.4 is 0 Å². The second-order valence-corrected chi connectivity index (χ2v) is 6.88. The number of hydrogen-bond donors (Lipinski definition) is 1. The van der Waals surface area contributed by atoms with E-state index in [1.165, 1.54) is 0 Å². The Morgan fingerprint density at radius 1 is 1.32 bits per heavy atom. The van der Waals surface area contributed by atoms with Crippen molar-refractivity contribution in [3.8, 4) is 6.07 Å². The molecule has 0 bridgehead atoms. The highest BCUT2D eigenvalue weighted by Gasteiger charge is 2.52. The van der Waals surface area contributed by atoms with E-state index in [-0.39, 0.29) is 11.5 Å². The molecule has 1 aliphatic heterocycles. The molecule has 5 nitrogen and oxygen atoms in total. The molecule has 1 aromatic heterocycles. The number of hydrogen-bond acceptors (Lipinski definition) is 3. The summed E-state index contributed by atoms with van der Waals surface area (Å²) >= 11 is 0. The van der Waals surface area contributed by atoms with Crippen molar-refractivity contribution >= 4 is 6.09 Å². The zero-order valence-corrected chi connectivity index (χ0v) is 13.9. The van der Waals surface area contributed by atoms with E-state index in [9.17, 15) is 15.2 Å². The smallest absolute Gasteiger partial charge is 0.407 e. The number of amides is 1. The van der Waals surface area contributed by atoms with Gasteiger partial charge >= 0.3 is 6.09 Å². The summed E-state index contributed by atoms with van der Waals surface area (Å²) in [4.78, 5) is 18.1. The molecule has 4 rings (SSSR count). The monoisotopic (exact) mass is 333 g/mol. The van der Waals surface area contributed by atoms with Gasteiger partial charge in [-0.25, -0.2) is 4.79 Å². The van der Waals surface area contributed by atoms with E-state index in [0.29, 0.717) is 18.5 Å². The highest BCUT2D eigenvalue weighted by atomic mass is 16.4. The summed E-state index contributed by atoms with van der Waals surface area (Å²) in [6.45, 7) is 0.480. The SMILES string of the molecule is N#Cc1ccc2c(c1)C(C1(c3ccccn3)CCC1)N(C(=O)O)CC2. The zero-order valence-electron chi connectivity index (χ0n) is 13.9. The maximum absolute atomic E-state index is 12.0. The Morgan fingerprint density at radius 3 is 2.76 bits per heavy atom. The van der Waals surface area contributed by atoms with Gasteiger partial charge in [-0.15, -0.1) is 0 Å². The molecule has 1 saturated carbocycles. The molecule has 1 unspecified atom stereocenters. The summed E-state index contributed by atoms with van der Waals surface area (Å²) in [6.07, 6.45) is 4.44. The van der Waals surface area contributed by atoms with Crippen molar-refractivity contribution < 1.29 is 9.90 Å². The molecule has 5 heteroatoms. The predicted octanol–water partition coefficient (Wildman–Crippen LogP) is 3.65. The summed E-state index contributed by atoms with van der Waals surface area (Å²) in [5.74, 6) is 0. The Balaban J connectivity index is 1.91. The average molecular weight is 333 g/mol. The molecular weight excluding hydrogens is 314 g/mol. The van der Waals surface area contributed by atoms with Crippen molar-refractivity contribution in [2.24, 2.45) is 0 Å². The number of aromatic nitrogens is 1. The van der Waals surface area contributed by atoms with Crippen molar-refractivity contribution in [2.45, 2.75) is 37.1 Å². The van der Waals surface area contributed by atoms with E-state index in [1.54, 1.807) is 11.1 Å². The lowest BCUT2D eigenvalue weighted by Gasteiger charge is -2.52. The number of nitrogens with zero attached hydrogens (tertiary/aromatic N) is 3. The predicted molar refractivity (Wildman–Crippen MR) is 92.1 cm³/mol. The molecule has 1 fully saturated rings. The van der Waals surface area contributed by atoms with Crippen LogP contribution in [0.25, 0.3) is 0 Å². The molecule has 2 aromatic rings. The number of nitriles is 1. The van der Waals surface area contributed by atoms with Gasteiger partial charge in [0, 0.05) is 23.9 Å². The summed E-state index contributed by atoms with van der Waals surface area (Å²) < 4.78 is 0. The van der Waals surface area contributed by atoms with Crippen LogP contribution in [0.15, 0.2) is 42.6 Å². The Labute approximate surface area is 146 Å². The Hall–Kier alpha value is -2.87. The van der Waals surface area contributed by atoms with Crippen LogP contribution in [0.4, 0.5) is 4.79 Å². The van der Waals surface area contributed by atoms with Crippen LogP contribution in [0.3, 0.4) is 0 Å². The van der Waals surface area contributed by atoms with Gasteiger partial charge in [0.05, 0.1) is 17.7 Å². The first-order chi connectivity index (χ1) is 12.2. The fourth-order valence-electron chi connectivity index (χ4n) is 4.37. The minimum absolute atomic E-state index is 0.286. The molecule has 1 amide bonds. The van der Waals surface area contributed by atoms with E-state index in [4.69, 9.17) is 0 Å². The van der Waals surface area contributed by atoms with E-state index >= 15 is 0 Å². The molecule has 0 spiro atoms. The van der Waals surface area contributed by atoms with E-state index in [1.807, 2.05) is 36.4 Å². The van der Waals surface area contributed by atoms with Gasteiger partial charge < -0.3 is 10.0 Å². The van der Waals surface area contributed by atoms with Crippen LogP contribution in [0.2, 0.25) is 0 Å². The second kappa shape index (κ2) is 5.89. The van der Waals surface area contributed by atoms with Gasteiger partial charge in [-0.2, -0.15) is 5.26 Å². The number of carboxylic acid groups (broad SMARTS) is 1. The quantitative estimate of drug-likeness (QED) is 0.910. The summed E-state index contributed by atoms with van der Waals surface area (Å²) in [5.41, 5.74) is 3.34. The zero-order chi connectivity index (χ0) is 17.4. The van der Waals surface area contributed by atoms with E-state index in [2.05, 4.69) is 11.1 Å². The van der Waals surface area contributed by atoms with Gasteiger partial charge in [-0.05, 0) is 54.7 Å². The molecule has 0 saturated heterocycles. The van der Waals surface area contributed by atoms with E-state index < -0.39 is 6.09 Å². The van der Waals surface area contributed by atoms with Crippen molar-refractivity contribution in [3.05, 3.63) is 65.0 Å². The van der Waals surface area contributed by atoms with Gasteiger partial charge in [0.15, 0.2) is 0 Å². The van der Waals surface area contributed by atoms with Crippen molar-refractivity contribution in [1.29, 1.82) is 5.26 Å². The fraction of sp³-hybridized carbons (Fsp3) is 0.350. The average Bonchev–Trinajstić information content (AvgIpc) is 2.61. The number of carbonyl (C=O) groups is 1. The van der Waals surface area contributed by atoms with Crippen LogP contribution in [-0.4, -0.2) is 27.6 Å². The van der Waals surface area contributed by atoms with Crippen LogP contribution in [0, 0.1) is 11.3 Å². The molecule has 1 aromatic carbocycles. The summed E-state index contributed by atoms with van der Waals surface area (Å²) in [6, 6.07) is 13.4. The minimum Gasteiger partial charge on any atom is -0.465 e. The number of pyridine rings is 1. The molecule has 126 valence electrons. The molecule has 0 radical (unpaired) electrons. The van der Waals surface area contributed by atoms with Crippen molar-refractivity contribution in [3.63, 3.8) is 0 Å². The van der Waals surface area contributed by atoms with Crippen molar-refractivity contribution in [2.75, 3.05) is 6.54 Å². The Morgan fingerprint density at radius 2 is 2.16 bits per heavy atom. The molecule has 1 N–H and O–H groups in total. The van der Waals surface area contributed by atoms with Crippen LogP contribution in [0.1, 0.15) is 47.7 Å². The topological polar surface area (TPSA) is 77.2 Å². The molecule has 1 atom stereocenters. The lowest BCUT2D eigenvalue weighted by molar-refractivity contribution is 0.0491. The largest absolute Gasteiger partial charge is 0.465 e. The number of fused-ring (bicyclic) bond motifs is 1. The molecular formula is C20H19N3O2. The third-order valence-electron chi connectivity index (χ3n) is 5.69. The highest BCUT2D eigenvalue weighted by molar-refractivity contribution is 5.67. The maximum atomic E-state index is 12.0. The third kappa shape index (κ3) is 2.37. The lowest BCUT2D eigenvalue weighted by atomic mass is 9.58. The first-order valence-electron chi connectivity index (χ1n) is 8.60. The van der Waals surface area contributed by atoms with Gasteiger partial charge in [-0.1, -0.05) is 18.6 Å². The first-order valence-corrected chi connectivity index (χ1v) is 8.60. The first kappa shape index (κ1) is 15.6. The molecule has 2 heterocycles. The van der Waals surface area contributed by atoms with Crippen LogP contribution in [0.5, 0.6) is 0 Å². The Kier molecular flexibility index (Phi) is 3.69. The third-order valence-corrected chi connectivity index (χ3v) is 5.69. The molecule has 2 aliphatic rings. The normalized spacial score (nSPS) is 20.9. The Bertz CT molecular complexity index is 853. The van der Waals surface area contributed by atoms with Gasteiger partial charge in [-0.3, -0.25) is 4.98 Å². The van der Waals surface area contributed by atoms with Gasteiger partial charge in [0.1, 0.15) is 0 Å². The van der Waals surface area contributed by atoms with Crippen LogP contribution >= 0.6 is 0 Å². The standard InChI is InChI=1S/C20H19N3O2/c21-13-14-5-6-15-7-11-23(19(24)25)18(16(15)12-14)20(8-3-9-20)17-4-1-2-10-22-17/h1-2,4-6,10,12,18H,3,7-9,11H2,(H,24,25). The molecule has 25 heavy (non-hydrogen) atoms. The number of benzene rings is 1. The highest BCUT2D eigenvalue weighted by Crippen LogP contribution is 2.55. The van der Waals surface area contributed by atoms with Gasteiger partial charge in [0.25, 0.3) is 0 Å². The second-order valence-electron chi connectivity index (χ2n) is 6.88. The van der Waals surface area contributed by atoms with Crippen molar-refractivity contribution in [1.82, 2.24) is 9.88 Å². The minimum atomic E-state index is -0.903. The maximum Gasteiger partial charge on any atom is 0.407 e.